The molecule has 0 radical (unpaired) electrons. The van der Waals surface area contributed by atoms with E-state index in [1.165, 1.54) is 0 Å². The fourth-order valence-corrected chi connectivity index (χ4v) is 6.86. The summed E-state index contributed by atoms with van der Waals surface area (Å²) < 4.78 is 34.2. The third-order valence-electron chi connectivity index (χ3n) is 7.54. The predicted molar refractivity (Wildman–Crippen MR) is 128 cm³/mol. The second kappa shape index (κ2) is 8.92. The number of benzene rings is 1. The molecular formula is C24H35N3O5S. The Hall–Kier alpha value is -2.10. The van der Waals surface area contributed by atoms with Crippen molar-refractivity contribution in [2.24, 2.45) is 7.05 Å². The number of carbonyl (C=O) groups excluding carboxylic acids is 1. The molecule has 9 heteroatoms. The van der Waals surface area contributed by atoms with Gasteiger partial charge < -0.3 is 19.3 Å². The van der Waals surface area contributed by atoms with E-state index < -0.39 is 16.1 Å². The lowest BCUT2D eigenvalue weighted by atomic mass is 9.68. The minimum Gasteiger partial charge on any atom is -0.497 e. The lowest BCUT2D eigenvalue weighted by Gasteiger charge is -2.50. The van der Waals surface area contributed by atoms with Crippen LogP contribution in [0.4, 0.5) is 0 Å². The van der Waals surface area contributed by atoms with Crippen LogP contribution < -0.4 is 4.74 Å². The molecule has 4 rings (SSSR count). The Morgan fingerprint density at radius 1 is 1.24 bits per heavy atom. The number of piperidine rings is 1. The molecule has 2 aromatic rings. The summed E-state index contributed by atoms with van der Waals surface area (Å²) in [5.74, 6) is 0.873. The van der Waals surface area contributed by atoms with Crippen LogP contribution in [0.25, 0.3) is 10.9 Å². The molecule has 2 aliphatic rings. The number of aliphatic hydroxyl groups excluding tert-OH is 1. The lowest BCUT2D eigenvalue weighted by molar-refractivity contribution is -0.137. The molecule has 8 nitrogen and oxygen atoms in total. The Morgan fingerprint density at radius 2 is 1.94 bits per heavy atom. The molecule has 0 bridgehead atoms. The first kappa shape index (κ1) is 24.0. The summed E-state index contributed by atoms with van der Waals surface area (Å²) in [6.07, 6.45) is 2.44. The maximum Gasteiger partial charge on any atom is 0.223 e. The fraction of sp³-hybridized carbons (Fsp3) is 0.625. The number of carbonyl (C=O) groups is 1. The summed E-state index contributed by atoms with van der Waals surface area (Å²) in [7, 11) is 0.347. The fourth-order valence-electron chi connectivity index (χ4n) is 5.76. The number of nitrogens with zero attached hydrogens (tertiary/aromatic N) is 3. The Morgan fingerprint density at radius 3 is 2.52 bits per heavy atom. The highest BCUT2D eigenvalue weighted by Gasteiger charge is 2.50. The molecule has 1 N–H and O–H groups in total. The van der Waals surface area contributed by atoms with Gasteiger partial charge in [-0.25, -0.2) is 12.7 Å². The Labute approximate surface area is 196 Å². The number of hydrogen-bond donors (Lipinski definition) is 1. The van der Waals surface area contributed by atoms with Crippen molar-refractivity contribution in [3.63, 3.8) is 0 Å². The number of aromatic nitrogens is 1. The van der Waals surface area contributed by atoms with Gasteiger partial charge in [-0.05, 0) is 43.9 Å². The summed E-state index contributed by atoms with van der Waals surface area (Å²) >= 11 is 0. The molecule has 1 amide bonds. The third kappa shape index (κ3) is 3.84. The monoisotopic (exact) mass is 477 g/mol. The molecule has 1 fully saturated rings. The first-order valence-electron chi connectivity index (χ1n) is 11.8. The van der Waals surface area contributed by atoms with Gasteiger partial charge in [0.25, 0.3) is 0 Å². The maximum absolute atomic E-state index is 13.2. The van der Waals surface area contributed by atoms with Crippen molar-refractivity contribution in [2.75, 3.05) is 39.1 Å². The molecule has 1 aromatic carbocycles. The number of amides is 1. The molecule has 1 spiro atoms. The highest BCUT2D eigenvalue weighted by atomic mass is 32.2. The molecule has 1 saturated heterocycles. The van der Waals surface area contributed by atoms with Gasteiger partial charge in [0.2, 0.25) is 15.9 Å². The van der Waals surface area contributed by atoms with Gasteiger partial charge in [-0.15, -0.1) is 0 Å². The number of methoxy groups -OCH3 is 1. The molecule has 33 heavy (non-hydrogen) atoms. The minimum absolute atomic E-state index is 0.0352. The Kier molecular flexibility index (Phi) is 6.50. The minimum atomic E-state index is -3.26. The molecule has 0 unspecified atom stereocenters. The number of sulfonamides is 1. The number of ether oxygens (including phenoxy) is 1. The quantitative estimate of drug-likeness (QED) is 0.690. The largest absolute Gasteiger partial charge is 0.497 e. The van der Waals surface area contributed by atoms with Crippen LogP contribution in [0, 0.1) is 0 Å². The topological polar surface area (TPSA) is 92.1 Å². The molecule has 1 aromatic heterocycles. The van der Waals surface area contributed by atoms with E-state index in [9.17, 15) is 18.3 Å². The van der Waals surface area contributed by atoms with Crippen LogP contribution in [0.5, 0.6) is 5.75 Å². The van der Waals surface area contributed by atoms with Gasteiger partial charge in [0.05, 0.1) is 31.0 Å². The van der Waals surface area contributed by atoms with Gasteiger partial charge in [0.1, 0.15) is 5.75 Å². The maximum atomic E-state index is 13.2. The molecule has 0 saturated carbocycles. The Bertz CT molecular complexity index is 1150. The van der Waals surface area contributed by atoms with E-state index >= 15 is 0 Å². The molecule has 182 valence electrons. The van der Waals surface area contributed by atoms with Gasteiger partial charge in [-0.1, -0.05) is 6.92 Å². The van der Waals surface area contributed by atoms with Crippen LogP contribution in [-0.4, -0.2) is 72.3 Å². The number of rotatable bonds is 6. The second-order valence-electron chi connectivity index (χ2n) is 9.25. The van der Waals surface area contributed by atoms with Crippen LogP contribution in [0.2, 0.25) is 0 Å². The molecule has 0 aliphatic carbocycles. The van der Waals surface area contributed by atoms with Crippen molar-refractivity contribution in [2.45, 2.75) is 51.0 Å². The van der Waals surface area contributed by atoms with E-state index in [1.807, 2.05) is 31.0 Å². The Balaban J connectivity index is 1.89. The lowest BCUT2D eigenvalue weighted by Crippen LogP contribution is -2.56. The second-order valence-corrected chi connectivity index (χ2v) is 11.5. The van der Waals surface area contributed by atoms with Crippen LogP contribution in [-0.2, 0) is 27.3 Å². The van der Waals surface area contributed by atoms with Crippen molar-refractivity contribution >= 4 is 26.8 Å². The standard InChI is InChI=1S/C24H35N3O5S/c1-5-7-21(29)27-16-24(10-12-26(13-11-24)33(30,31)6-2)22-18-9-8-17(32-4)14-19(18)25(3)23(22)20(27)15-28/h8-9,14,20,28H,5-7,10-13,15-16H2,1-4H3/t20-/m0/s1. The van der Waals surface area contributed by atoms with Gasteiger partial charge in [0.15, 0.2) is 0 Å². The number of fused-ring (bicyclic) bond motifs is 4. The predicted octanol–water partition coefficient (Wildman–Crippen LogP) is 2.55. The molecular weight excluding hydrogens is 442 g/mol. The number of aliphatic hydroxyl groups is 1. The highest BCUT2D eigenvalue weighted by molar-refractivity contribution is 7.89. The average molecular weight is 478 g/mol. The zero-order valence-electron chi connectivity index (χ0n) is 20.0. The van der Waals surface area contributed by atoms with Crippen molar-refractivity contribution in [3.05, 3.63) is 29.5 Å². The van der Waals surface area contributed by atoms with E-state index in [1.54, 1.807) is 18.3 Å². The number of aryl methyl sites for hydroxylation is 1. The van der Waals surface area contributed by atoms with E-state index in [4.69, 9.17) is 4.74 Å². The van der Waals surface area contributed by atoms with Crippen LogP contribution in [0.1, 0.15) is 56.8 Å². The number of hydrogen-bond acceptors (Lipinski definition) is 5. The van der Waals surface area contributed by atoms with Crippen LogP contribution in [0.3, 0.4) is 0 Å². The van der Waals surface area contributed by atoms with E-state index in [2.05, 4.69) is 10.6 Å². The van der Waals surface area contributed by atoms with Crippen molar-refractivity contribution in [3.8, 4) is 5.75 Å². The van der Waals surface area contributed by atoms with Gasteiger partial charge >= 0.3 is 0 Å². The van der Waals surface area contributed by atoms with Crippen molar-refractivity contribution in [1.82, 2.24) is 13.8 Å². The summed E-state index contributed by atoms with van der Waals surface area (Å²) in [6, 6.07) is 5.56. The van der Waals surface area contributed by atoms with E-state index in [-0.39, 0.29) is 23.7 Å². The third-order valence-corrected chi connectivity index (χ3v) is 9.42. The zero-order chi connectivity index (χ0) is 24.0. The van der Waals surface area contributed by atoms with Gasteiger partial charge in [0, 0.05) is 55.7 Å². The normalized spacial score (nSPS) is 20.9. The summed E-state index contributed by atoms with van der Waals surface area (Å²) in [5.41, 5.74) is 2.72. The summed E-state index contributed by atoms with van der Waals surface area (Å²) in [6.45, 7) is 4.86. The van der Waals surface area contributed by atoms with E-state index in [0.29, 0.717) is 38.9 Å². The first-order valence-corrected chi connectivity index (χ1v) is 13.4. The van der Waals surface area contributed by atoms with Crippen molar-refractivity contribution < 1.29 is 23.1 Å². The highest BCUT2D eigenvalue weighted by Crippen LogP contribution is 2.50. The SMILES string of the molecule is CCCC(=O)N1CC2(CCN(S(=O)(=O)CC)CC2)c2c(n(C)c3cc(OC)ccc23)[C@@H]1CO. The smallest absolute Gasteiger partial charge is 0.223 e. The van der Waals surface area contributed by atoms with Gasteiger partial charge in [-0.3, -0.25) is 4.79 Å². The summed E-state index contributed by atoms with van der Waals surface area (Å²) in [5, 5.41) is 11.5. The van der Waals surface area contributed by atoms with Crippen LogP contribution >= 0.6 is 0 Å². The molecule has 2 aliphatic heterocycles. The molecule has 1 atom stereocenters. The first-order chi connectivity index (χ1) is 15.7. The average Bonchev–Trinajstić information content (AvgIpc) is 3.12. The zero-order valence-corrected chi connectivity index (χ0v) is 20.8. The van der Waals surface area contributed by atoms with Crippen molar-refractivity contribution in [1.29, 1.82) is 0 Å². The summed E-state index contributed by atoms with van der Waals surface area (Å²) in [4.78, 5) is 15.0. The molecule has 3 heterocycles. The van der Waals surface area contributed by atoms with Crippen LogP contribution in [0.15, 0.2) is 18.2 Å². The van der Waals surface area contributed by atoms with E-state index in [0.717, 1.165) is 34.3 Å². The van der Waals surface area contributed by atoms with Gasteiger partial charge in [-0.2, -0.15) is 0 Å².